The zero-order chi connectivity index (χ0) is 24.7. The van der Waals surface area contributed by atoms with Crippen molar-refractivity contribution in [2.45, 2.75) is 19.4 Å². The van der Waals surface area contributed by atoms with E-state index in [1.807, 2.05) is 18.2 Å². The van der Waals surface area contributed by atoms with Crippen molar-refractivity contribution in [3.05, 3.63) is 94.6 Å². The highest BCUT2D eigenvalue weighted by Gasteiger charge is 2.46. The van der Waals surface area contributed by atoms with E-state index < -0.39 is 29.5 Å². The Balaban J connectivity index is 1.65. The lowest BCUT2D eigenvalue weighted by atomic mass is 9.94. The van der Waals surface area contributed by atoms with Gasteiger partial charge in [0.25, 0.3) is 5.91 Å². The van der Waals surface area contributed by atoms with Gasteiger partial charge < -0.3 is 14.3 Å². The number of nitrogens with zero attached hydrogens (tertiary/aromatic N) is 2. The predicted octanol–water partition coefficient (Wildman–Crippen LogP) is 5.02. The Bertz CT molecular complexity index is 1480. The fourth-order valence-corrected chi connectivity index (χ4v) is 5.15. The molecule has 1 amide bonds. The van der Waals surface area contributed by atoms with Gasteiger partial charge in [0.05, 0.1) is 40.8 Å². The van der Waals surface area contributed by atoms with E-state index in [-0.39, 0.29) is 11.3 Å². The van der Waals surface area contributed by atoms with Crippen LogP contribution in [0.1, 0.15) is 45.0 Å². The summed E-state index contributed by atoms with van der Waals surface area (Å²) in [5.41, 5.74) is 2.54. The normalized spacial score (nSPS) is 15.8. The number of hydrogen-bond acceptors (Lipinski definition) is 8. The van der Waals surface area contributed by atoms with Crippen LogP contribution in [0.15, 0.2) is 76.6 Å². The number of fused-ring (bicyclic) bond motifs is 1. The molecule has 0 unspecified atom stereocenters. The first-order valence-corrected chi connectivity index (χ1v) is 11.7. The fourth-order valence-electron chi connectivity index (χ4n) is 4.09. The van der Waals surface area contributed by atoms with Crippen molar-refractivity contribution >= 4 is 44.3 Å². The summed E-state index contributed by atoms with van der Waals surface area (Å²) in [7, 11) is 1.28. The zero-order valence-corrected chi connectivity index (χ0v) is 19.7. The molecule has 8 nitrogen and oxygen atoms in total. The summed E-state index contributed by atoms with van der Waals surface area (Å²) in [5.74, 6) is -2.54. The second-order valence-electron chi connectivity index (χ2n) is 7.91. The number of methoxy groups -OCH3 is 1. The van der Waals surface area contributed by atoms with Crippen molar-refractivity contribution in [2.75, 3.05) is 12.0 Å². The number of benzene rings is 2. The molecule has 1 aliphatic heterocycles. The van der Waals surface area contributed by atoms with Crippen LogP contribution >= 0.6 is 11.3 Å². The van der Waals surface area contributed by atoms with E-state index in [4.69, 9.17) is 9.15 Å². The van der Waals surface area contributed by atoms with Crippen molar-refractivity contribution in [3.63, 3.8) is 0 Å². The number of aliphatic hydroxyl groups is 1. The average Bonchev–Trinajstić information content (AvgIpc) is 3.61. The number of hydrogen-bond donors (Lipinski definition) is 1. The summed E-state index contributed by atoms with van der Waals surface area (Å²) in [5, 5.41) is 11.2. The third-order valence-electron chi connectivity index (χ3n) is 5.90. The monoisotopic (exact) mass is 488 g/mol. The average molecular weight is 489 g/mol. The predicted molar refractivity (Wildman–Crippen MR) is 130 cm³/mol. The molecule has 2 aromatic carbocycles. The molecule has 0 saturated carbocycles. The van der Waals surface area contributed by atoms with E-state index >= 15 is 0 Å². The quantitative estimate of drug-likeness (QED) is 0.300. The molecule has 0 radical (unpaired) electrons. The molecule has 4 aromatic rings. The number of aryl methyl sites for hydroxylation is 1. The number of carbonyl (C=O) groups excluding carboxylic acids is 3. The summed E-state index contributed by atoms with van der Waals surface area (Å²) < 4.78 is 10.9. The van der Waals surface area contributed by atoms with Crippen molar-refractivity contribution in [1.29, 1.82) is 0 Å². The van der Waals surface area contributed by atoms with Gasteiger partial charge in [-0.05, 0) is 53.9 Å². The van der Waals surface area contributed by atoms with Crippen molar-refractivity contribution in [1.82, 2.24) is 4.98 Å². The van der Waals surface area contributed by atoms with Crippen LogP contribution < -0.4 is 4.90 Å². The second kappa shape index (κ2) is 8.84. The molecule has 1 atom stereocenters. The number of Topliss-reactive ketones (excluding diaryl/α,β-unsaturated/α-hetero) is 1. The maximum Gasteiger partial charge on any atom is 0.337 e. The van der Waals surface area contributed by atoms with Gasteiger partial charge in [0, 0.05) is 0 Å². The number of rotatable bonds is 6. The summed E-state index contributed by atoms with van der Waals surface area (Å²) in [6, 6.07) is 14.2. The smallest absolute Gasteiger partial charge is 0.337 e. The van der Waals surface area contributed by atoms with E-state index in [9.17, 15) is 19.5 Å². The number of anilines is 1. The molecule has 0 fully saturated rings. The lowest BCUT2D eigenvalue weighted by Crippen LogP contribution is -2.31. The van der Waals surface area contributed by atoms with Crippen LogP contribution in [0.2, 0.25) is 0 Å². The molecule has 176 valence electrons. The highest BCUT2D eigenvalue weighted by atomic mass is 32.1. The number of aromatic nitrogens is 1. The maximum atomic E-state index is 13.3. The first-order valence-electron chi connectivity index (χ1n) is 10.9. The zero-order valence-electron chi connectivity index (χ0n) is 18.8. The Morgan fingerprint density at radius 3 is 2.60 bits per heavy atom. The molecule has 1 N–H and O–H groups in total. The number of ether oxygens (including phenoxy) is 1. The van der Waals surface area contributed by atoms with Gasteiger partial charge in [0.15, 0.2) is 16.7 Å². The topological polar surface area (TPSA) is 110 Å². The van der Waals surface area contributed by atoms with Crippen LogP contribution in [0.3, 0.4) is 0 Å². The molecule has 3 heterocycles. The molecular formula is C26H20N2O6S. The van der Waals surface area contributed by atoms with E-state index in [2.05, 4.69) is 11.9 Å². The summed E-state index contributed by atoms with van der Waals surface area (Å²) in [6.45, 7) is 2.05. The number of furan rings is 1. The highest BCUT2D eigenvalue weighted by molar-refractivity contribution is 7.22. The summed E-state index contributed by atoms with van der Waals surface area (Å²) in [4.78, 5) is 44.5. The second-order valence-corrected chi connectivity index (χ2v) is 8.92. The van der Waals surface area contributed by atoms with Gasteiger partial charge in [0.2, 0.25) is 5.78 Å². The molecule has 5 rings (SSSR count). The van der Waals surface area contributed by atoms with Crippen LogP contribution in [0.4, 0.5) is 5.13 Å². The number of amides is 1. The lowest BCUT2D eigenvalue weighted by molar-refractivity contribution is -0.117. The minimum Gasteiger partial charge on any atom is -0.503 e. The van der Waals surface area contributed by atoms with Gasteiger partial charge in [0.1, 0.15) is 0 Å². The lowest BCUT2D eigenvalue weighted by Gasteiger charge is -2.24. The van der Waals surface area contributed by atoms with Gasteiger partial charge in [-0.1, -0.05) is 36.5 Å². The molecular weight excluding hydrogens is 468 g/mol. The van der Waals surface area contributed by atoms with E-state index in [1.54, 1.807) is 30.3 Å². The third kappa shape index (κ3) is 3.79. The molecule has 35 heavy (non-hydrogen) atoms. The van der Waals surface area contributed by atoms with Crippen LogP contribution in [-0.2, 0) is 16.0 Å². The third-order valence-corrected chi connectivity index (χ3v) is 6.92. The SMILES string of the molecule is CCc1ccc2nc(N3C(=O)C(O)=C(C(=O)c4ccco4)[C@@H]3c3ccc(C(=O)OC)cc3)sc2c1. The number of ketones is 1. The van der Waals surface area contributed by atoms with Crippen molar-refractivity contribution < 1.29 is 28.6 Å². The minimum absolute atomic E-state index is 0.00531. The van der Waals surface area contributed by atoms with Crippen LogP contribution in [0, 0.1) is 0 Å². The standard InChI is InChI=1S/C26H20N2O6S/c1-3-14-6-11-17-19(13-14)35-26(27-17)28-21(15-7-9-16(10-8-15)25(32)33-2)20(23(30)24(28)31)22(29)18-5-4-12-34-18/h4-13,21,30H,3H2,1-2H3/t21-/m0/s1. The minimum atomic E-state index is -0.974. The largest absolute Gasteiger partial charge is 0.503 e. The highest BCUT2D eigenvalue weighted by Crippen LogP contribution is 2.44. The summed E-state index contributed by atoms with van der Waals surface area (Å²) >= 11 is 1.30. The fraction of sp³-hybridized carbons (Fsp3) is 0.154. The van der Waals surface area contributed by atoms with Crippen LogP contribution in [-0.4, -0.2) is 34.9 Å². The van der Waals surface area contributed by atoms with Crippen molar-refractivity contribution in [2.24, 2.45) is 0 Å². The first-order chi connectivity index (χ1) is 16.9. The van der Waals surface area contributed by atoms with Gasteiger partial charge in [-0.15, -0.1) is 0 Å². The summed E-state index contributed by atoms with van der Waals surface area (Å²) in [6.07, 6.45) is 2.20. The van der Waals surface area contributed by atoms with Gasteiger partial charge in [-0.25, -0.2) is 9.78 Å². The van der Waals surface area contributed by atoms with Gasteiger partial charge >= 0.3 is 5.97 Å². The van der Waals surface area contributed by atoms with E-state index in [1.165, 1.54) is 35.7 Å². The molecule has 9 heteroatoms. The number of carbonyl (C=O) groups is 3. The number of esters is 1. The Labute approximate surface area is 204 Å². The Morgan fingerprint density at radius 2 is 1.94 bits per heavy atom. The van der Waals surface area contributed by atoms with Crippen LogP contribution in [0.5, 0.6) is 0 Å². The molecule has 0 bridgehead atoms. The Kier molecular flexibility index (Phi) is 5.70. The molecule has 0 spiro atoms. The molecule has 1 aliphatic rings. The molecule has 0 saturated heterocycles. The molecule has 2 aromatic heterocycles. The number of aliphatic hydroxyl groups excluding tert-OH is 1. The van der Waals surface area contributed by atoms with E-state index in [0.29, 0.717) is 21.8 Å². The van der Waals surface area contributed by atoms with Gasteiger partial charge in [-0.3, -0.25) is 14.5 Å². The first kappa shape index (κ1) is 22.5. The Hall–Kier alpha value is -4.24. The van der Waals surface area contributed by atoms with Gasteiger partial charge in [-0.2, -0.15) is 0 Å². The molecule has 0 aliphatic carbocycles. The van der Waals surface area contributed by atoms with E-state index in [0.717, 1.165) is 16.7 Å². The Morgan fingerprint density at radius 1 is 1.17 bits per heavy atom. The number of thiazole rings is 1. The van der Waals surface area contributed by atoms with Crippen LogP contribution in [0.25, 0.3) is 10.2 Å². The van der Waals surface area contributed by atoms with Crippen molar-refractivity contribution in [3.8, 4) is 0 Å². The maximum absolute atomic E-state index is 13.3.